The third kappa shape index (κ3) is 5.01. The zero-order chi connectivity index (χ0) is 20.8. The second-order valence-electron chi connectivity index (χ2n) is 6.50. The van der Waals surface area contributed by atoms with E-state index in [9.17, 15) is 14.4 Å². The van der Waals surface area contributed by atoms with E-state index < -0.39 is 18.1 Å². The van der Waals surface area contributed by atoms with Crippen molar-refractivity contribution in [2.45, 2.75) is 13.5 Å². The van der Waals surface area contributed by atoms with Crippen LogP contribution in [0.5, 0.6) is 5.75 Å². The molecule has 0 atom stereocenters. The summed E-state index contributed by atoms with van der Waals surface area (Å²) in [4.78, 5) is 40.7. The van der Waals surface area contributed by atoms with Gasteiger partial charge in [0, 0.05) is 30.6 Å². The Balaban J connectivity index is 1.61. The molecule has 0 aliphatic carbocycles. The lowest BCUT2D eigenvalue weighted by Crippen LogP contribution is -2.31. The summed E-state index contributed by atoms with van der Waals surface area (Å²) in [5.74, 6) is -0.291. The van der Waals surface area contributed by atoms with Crippen LogP contribution in [-0.4, -0.2) is 42.0 Å². The molecule has 7 heteroatoms. The highest BCUT2D eigenvalue weighted by Gasteiger charge is 2.16. The van der Waals surface area contributed by atoms with E-state index >= 15 is 0 Å². The molecule has 1 N–H and O–H groups in total. The zero-order valence-electron chi connectivity index (χ0n) is 16.3. The molecule has 0 aliphatic heterocycles. The summed E-state index contributed by atoms with van der Waals surface area (Å²) in [6.07, 6.45) is 0. The average molecular weight is 394 g/mol. The maximum atomic E-state index is 12.4. The van der Waals surface area contributed by atoms with Crippen LogP contribution in [0, 0.1) is 0 Å². The first kappa shape index (κ1) is 20.1. The Morgan fingerprint density at radius 2 is 1.79 bits per heavy atom. The van der Waals surface area contributed by atoms with E-state index in [4.69, 9.17) is 9.47 Å². The number of para-hydroxylation sites is 1. The maximum Gasteiger partial charge on any atom is 0.339 e. The van der Waals surface area contributed by atoms with E-state index in [0.717, 1.165) is 11.3 Å². The highest BCUT2D eigenvalue weighted by Crippen LogP contribution is 2.16. The number of pyridine rings is 1. The number of esters is 1. The van der Waals surface area contributed by atoms with Crippen LogP contribution < -0.4 is 10.3 Å². The van der Waals surface area contributed by atoms with Gasteiger partial charge in [-0.05, 0) is 30.7 Å². The van der Waals surface area contributed by atoms with E-state index in [0.29, 0.717) is 24.1 Å². The molecular weight excluding hydrogens is 372 g/mol. The van der Waals surface area contributed by atoms with Crippen molar-refractivity contribution < 1.29 is 19.1 Å². The minimum absolute atomic E-state index is 0.131. The van der Waals surface area contributed by atoms with Crippen molar-refractivity contribution in [1.82, 2.24) is 9.88 Å². The molecule has 0 bridgehead atoms. The van der Waals surface area contributed by atoms with Gasteiger partial charge in [-0.2, -0.15) is 0 Å². The normalized spacial score (nSPS) is 10.6. The zero-order valence-corrected chi connectivity index (χ0v) is 16.3. The molecule has 0 radical (unpaired) electrons. The summed E-state index contributed by atoms with van der Waals surface area (Å²) in [5, 5.41) is 0.562. The molecule has 0 unspecified atom stereocenters. The summed E-state index contributed by atoms with van der Waals surface area (Å²) in [7, 11) is 1.63. The molecule has 3 aromatic rings. The molecule has 2 aromatic carbocycles. The molecule has 150 valence electrons. The van der Waals surface area contributed by atoms with Gasteiger partial charge >= 0.3 is 5.97 Å². The number of fused-ring (bicyclic) bond motifs is 1. The second-order valence-corrected chi connectivity index (χ2v) is 6.50. The predicted molar refractivity (Wildman–Crippen MR) is 109 cm³/mol. The number of aromatic amines is 1. The Morgan fingerprint density at radius 3 is 2.52 bits per heavy atom. The first-order valence-corrected chi connectivity index (χ1v) is 9.23. The lowest BCUT2D eigenvalue weighted by atomic mass is 10.1. The number of nitrogens with one attached hydrogen (secondary N) is 1. The fraction of sp³-hybridized carbons (Fsp3) is 0.227. The molecule has 0 spiro atoms. The van der Waals surface area contributed by atoms with Crippen LogP contribution in [0.15, 0.2) is 59.4 Å². The van der Waals surface area contributed by atoms with Crippen molar-refractivity contribution in [3.05, 3.63) is 76.1 Å². The van der Waals surface area contributed by atoms with E-state index in [2.05, 4.69) is 4.98 Å². The monoisotopic (exact) mass is 394 g/mol. The van der Waals surface area contributed by atoms with Crippen LogP contribution in [0.25, 0.3) is 10.9 Å². The highest BCUT2D eigenvalue weighted by molar-refractivity contribution is 6.03. The van der Waals surface area contributed by atoms with Crippen molar-refractivity contribution in [3.8, 4) is 5.75 Å². The number of benzene rings is 2. The number of nitrogens with zero attached hydrogens (tertiary/aromatic N) is 1. The number of carbonyl (C=O) groups excluding carboxylic acids is 2. The van der Waals surface area contributed by atoms with Crippen molar-refractivity contribution in [2.75, 3.05) is 20.3 Å². The largest absolute Gasteiger partial charge is 0.494 e. The lowest BCUT2D eigenvalue weighted by Gasteiger charge is -2.17. The van der Waals surface area contributed by atoms with Gasteiger partial charge in [-0.3, -0.25) is 9.59 Å². The van der Waals surface area contributed by atoms with Crippen molar-refractivity contribution in [3.63, 3.8) is 0 Å². The Kier molecular flexibility index (Phi) is 6.29. The predicted octanol–water partition coefficient (Wildman–Crippen LogP) is 2.74. The van der Waals surface area contributed by atoms with E-state index in [-0.39, 0.29) is 11.5 Å². The smallest absolute Gasteiger partial charge is 0.339 e. The first-order chi connectivity index (χ1) is 14.0. The highest BCUT2D eigenvalue weighted by atomic mass is 16.5. The molecule has 0 saturated heterocycles. The Bertz CT molecular complexity index is 1070. The van der Waals surface area contributed by atoms with Gasteiger partial charge in [0.2, 0.25) is 5.56 Å². The van der Waals surface area contributed by atoms with Crippen LogP contribution >= 0.6 is 0 Å². The van der Waals surface area contributed by atoms with E-state index in [1.165, 1.54) is 11.0 Å². The summed E-state index contributed by atoms with van der Waals surface area (Å²) in [6, 6.07) is 15.5. The Labute approximate surface area is 167 Å². The number of carbonyl (C=O) groups is 2. The van der Waals surface area contributed by atoms with Crippen LogP contribution in [0.4, 0.5) is 0 Å². The van der Waals surface area contributed by atoms with Gasteiger partial charge in [-0.15, -0.1) is 0 Å². The van der Waals surface area contributed by atoms with Gasteiger partial charge in [0.25, 0.3) is 5.91 Å². The topological polar surface area (TPSA) is 88.7 Å². The molecule has 0 saturated carbocycles. The van der Waals surface area contributed by atoms with Crippen molar-refractivity contribution >= 4 is 22.8 Å². The van der Waals surface area contributed by atoms with Gasteiger partial charge in [0.05, 0.1) is 12.2 Å². The third-order valence-corrected chi connectivity index (χ3v) is 4.38. The van der Waals surface area contributed by atoms with Crippen LogP contribution in [0.2, 0.25) is 0 Å². The quantitative estimate of drug-likeness (QED) is 0.623. The van der Waals surface area contributed by atoms with Crippen molar-refractivity contribution in [2.24, 2.45) is 0 Å². The number of aromatic nitrogens is 1. The molecule has 7 nitrogen and oxygen atoms in total. The number of ether oxygens (including phenoxy) is 2. The molecule has 1 amide bonds. The second kappa shape index (κ2) is 9.05. The number of likely N-dealkylation sites (N-methyl/N-ethyl adjacent to an activating group) is 1. The maximum absolute atomic E-state index is 12.4. The Morgan fingerprint density at radius 1 is 1.07 bits per heavy atom. The number of hydrogen-bond acceptors (Lipinski definition) is 5. The molecule has 1 heterocycles. The van der Waals surface area contributed by atoms with Gasteiger partial charge in [-0.1, -0.05) is 30.3 Å². The van der Waals surface area contributed by atoms with Gasteiger partial charge in [0.15, 0.2) is 6.61 Å². The molecular formula is C22H22N2O5. The van der Waals surface area contributed by atoms with Crippen LogP contribution in [0.3, 0.4) is 0 Å². The standard InChI is InChI=1S/C22H22N2O5/c1-3-28-16-10-8-15(9-11-16)13-24(2)21(26)14-29-22(27)18-12-20(25)23-19-7-5-4-6-17(18)19/h4-12H,3,13-14H2,1-2H3,(H,23,25). The molecule has 0 fully saturated rings. The summed E-state index contributed by atoms with van der Waals surface area (Å²) in [6.45, 7) is 2.46. The first-order valence-electron chi connectivity index (χ1n) is 9.23. The minimum atomic E-state index is -0.713. The van der Waals surface area contributed by atoms with Crippen LogP contribution in [-0.2, 0) is 16.1 Å². The summed E-state index contributed by atoms with van der Waals surface area (Å²) >= 11 is 0. The third-order valence-electron chi connectivity index (χ3n) is 4.38. The van der Waals surface area contributed by atoms with Crippen LogP contribution in [0.1, 0.15) is 22.8 Å². The van der Waals surface area contributed by atoms with Gasteiger partial charge in [0.1, 0.15) is 5.75 Å². The number of hydrogen-bond donors (Lipinski definition) is 1. The summed E-state index contributed by atoms with van der Waals surface area (Å²) in [5.41, 5.74) is 1.18. The SMILES string of the molecule is CCOc1ccc(CN(C)C(=O)COC(=O)c2cc(=O)[nH]c3ccccc23)cc1. The van der Waals surface area contributed by atoms with Gasteiger partial charge in [-0.25, -0.2) is 4.79 Å². The number of amides is 1. The van der Waals surface area contributed by atoms with E-state index in [1.54, 1.807) is 31.3 Å². The molecule has 1 aromatic heterocycles. The molecule has 29 heavy (non-hydrogen) atoms. The molecule has 3 rings (SSSR count). The van der Waals surface area contributed by atoms with E-state index in [1.807, 2.05) is 31.2 Å². The average Bonchev–Trinajstić information content (AvgIpc) is 2.72. The Hall–Kier alpha value is -3.61. The number of H-pyrrole nitrogens is 1. The molecule has 0 aliphatic rings. The number of rotatable bonds is 7. The fourth-order valence-electron chi connectivity index (χ4n) is 2.91. The minimum Gasteiger partial charge on any atom is -0.494 e. The lowest BCUT2D eigenvalue weighted by molar-refractivity contribution is -0.133. The fourth-order valence-corrected chi connectivity index (χ4v) is 2.91. The van der Waals surface area contributed by atoms with Crippen molar-refractivity contribution in [1.29, 1.82) is 0 Å². The van der Waals surface area contributed by atoms with Gasteiger partial charge < -0.3 is 19.4 Å². The summed E-state index contributed by atoms with van der Waals surface area (Å²) < 4.78 is 10.6.